The molecule has 0 aromatic heterocycles. The van der Waals surface area contributed by atoms with Crippen LogP contribution in [0.3, 0.4) is 0 Å². The molecule has 0 aliphatic rings. The zero-order chi connectivity index (χ0) is 15.2. The first-order chi connectivity index (χ1) is 10.1. The van der Waals surface area contributed by atoms with E-state index in [1.54, 1.807) is 12.1 Å². The minimum atomic E-state index is -0.746. The van der Waals surface area contributed by atoms with Gasteiger partial charge in [-0.2, -0.15) is 0 Å². The van der Waals surface area contributed by atoms with Crippen molar-refractivity contribution in [1.82, 2.24) is 5.32 Å². The predicted molar refractivity (Wildman–Crippen MR) is 76.4 cm³/mol. The number of carbonyl (C=O) groups excluding carboxylic acids is 3. The van der Waals surface area contributed by atoms with E-state index in [1.807, 2.05) is 30.3 Å². The van der Waals surface area contributed by atoms with Crippen molar-refractivity contribution in [3.05, 3.63) is 48.0 Å². The van der Waals surface area contributed by atoms with Crippen LogP contribution in [0.15, 0.2) is 42.5 Å². The molecule has 21 heavy (non-hydrogen) atoms. The number of nitrogens with two attached hydrogens (primary N) is 1. The fourth-order valence-electron chi connectivity index (χ4n) is 1.79. The summed E-state index contributed by atoms with van der Waals surface area (Å²) in [5, 5.41) is 4.38. The smallest absolute Gasteiger partial charge is 0.325 e. The summed E-state index contributed by atoms with van der Waals surface area (Å²) in [6, 6.07) is 12.9. The summed E-state index contributed by atoms with van der Waals surface area (Å²) >= 11 is 0. The van der Waals surface area contributed by atoms with Crippen molar-refractivity contribution in [2.75, 3.05) is 13.2 Å². The standard InChI is InChI=1S/C15H14N2O4/c16-13(18)9-21-14(19)8-17-15(20)12-6-5-10-3-1-2-4-11(10)7-12/h1-7H,8-9H2,(H2,16,18)(H,17,20). The molecule has 2 aromatic rings. The lowest BCUT2D eigenvalue weighted by atomic mass is 10.1. The number of amides is 2. The van der Waals surface area contributed by atoms with Crippen LogP contribution in [0.5, 0.6) is 0 Å². The van der Waals surface area contributed by atoms with Gasteiger partial charge in [0.15, 0.2) is 6.61 Å². The topological polar surface area (TPSA) is 98.5 Å². The van der Waals surface area contributed by atoms with Gasteiger partial charge in [-0.05, 0) is 22.9 Å². The minimum Gasteiger partial charge on any atom is -0.454 e. The molecule has 3 N–H and O–H groups in total. The number of primary amides is 1. The number of rotatable bonds is 5. The van der Waals surface area contributed by atoms with Gasteiger partial charge in [0, 0.05) is 5.56 Å². The molecule has 0 aliphatic carbocycles. The Bertz CT molecular complexity index is 697. The van der Waals surface area contributed by atoms with Crippen molar-refractivity contribution in [2.24, 2.45) is 5.73 Å². The summed E-state index contributed by atoms with van der Waals surface area (Å²) in [7, 11) is 0. The summed E-state index contributed by atoms with van der Waals surface area (Å²) in [6.45, 7) is -0.816. The minimum absolute atomic E-state index is 0.320. The van der Waals surface area contributed by atoms with E-state index < -0.39 is 24.4 Å². The number of hydrogen-bond acceptors (Lipinski definition) is 4. The van der Waals surface area contributed by atoms with Crippen molar-refractivity contribution in [2.45, 2.75) is 0 Å². The summed E-state index contributed by atoms with van der Waals surface area (Å²) in [4.78, 5) is 33.6. The van der Waals surface area contributed by atoms with Crippen LogP contribution in [0.2, 0.25) is 0 Å². The molecule has 0 bridgehead atoms. The Balaban J connectivity index is 1.95. The summed E-state index contributed by atoms with van der Waals surface area (Å²) < 4.78 is 4.53. The van der Waals surface area contributed by atoms with Gasteiger partial charge in [-0.1, -0.05) is 30.3 Å². The fourth-order valence-corrected chi connectivity index (χ4v) is 1.79. The molecule has 0 radical (unpaired) electrons. The third-order valence-corrected chi connectivity index (χ3v) is 2.78. The summed E-state index contributed by atoms with van der Waals surface area (Å²) in [5.41, 5.74) is 5.28. The van der Waals surface area contributed by atoms with Gasteiger partial charge >= 0.3 is 5.97 Å². The first kappa shape index (κ1) is 14.5. The highest BCUT2D eigenvalue weighted by molar-refractivity contribution is 5.99. The lowest BCUT2D eigenvalue weighted by Crippen LogP contribution is -2.32. The Kier molecular flexibility index (Phi) is 4.50. The fraction of sp³-hybridized carbons (Fsp3) is 0.133. The second-order valence-corrected chi connectivity index (χ2v) is 4.37. The Hall–Kier alpha value is -2.89. The van der Waals surface area contributed by atoms with Gasteiger partial charge in [0.1, 0.15) is 6.54 Å². The van der Waals surface area contributed by atoms with Gasteiger partial charge in [-0.25, -0.2) is 0 Å². The van der Waals surface area contributed by atoms with Crippen molar-refractivity contribution >= 4 is 28.6 Å². The monoisotopic (exact) mass is 286 g/mol. The predicted octanol–water partition coefficient (Wildman–Crippen LogP) is 0.598. The Morgan fingerprint density at radius 1 is 1.05 bits per heavy atom. The summed E-state index contributed by atoms with van der Waals surface area (Å²) in [5.74, 6) is -1.86. The van der Waals surface area contributed by atoms with Gasteiger partial charge in [0.25, 0.3) is 11.8 Å². The number of hydrogen-bond donors (Lipinski definition) is 2. The van der Waals surface area contributed by atoms with Crippen molar-refractivity contribution in [3.63, 3.8) is 0 Å². The molecule has 0 heterocycles. The molecule has 0 fully saturated rings. The molecule has 2 aromatic carbocycles. The molecule has 108 valence electrons. The first-order valence-electron chi connectivity index (χ1n) is 6.27. The van der Waals surface area contributed by atoms with Gasteiger partial charge in [0.05, 0.1) is 0 Å². The number of fused-ring (bicyclic) bond motifs is 1. The molecule has 0 atom stereocenters. The second kappa shape index (κ2) is 6.51. The van der Waals surface area contributed by atoms with E-state index in [0.717, 1.165) is 10.8 Å². The van der Waals surface area contributed by atoms with Crippen LogP contribution in [0.25, 0.3) is 10.8 Å². The number of esters is 1. The molecule has 0 saturated carbocycles. The van der Waals surface area contributed by atoms with Crippen LogP contribution in [0.4, 0.5) is 0 Å². The average molecular weight is 286 g/mol. The lowest BCUT2D eigenvalue weighted by molar-refractivity contribution is -0.146. The van der Waals surface area contributed by atoms with Gasteiger partial charge in [0.2, 0.25) is 0 Å². The molecule has 2 amide bonds. The van der Waals surface area contributed by atoms with E-state index in [9.17, 15) is 14.4 Å². The number of benzene rings is 2. The van der Waals surface area contributed by atoms with Gasteiger partial charge in [-0.15, -0.1) is 0 Å². The molecule has 6 heteroatoms. The molecule has 0 unspecified atom stereocenters. The maximum Gasteiger partial charge on any atom is 0.325 e. The molecular formula is C15H14N2O4. The molecule has 0 aliphatic heterocycles. The third kappa shape index (κ3) is 4.04. The van der Waals surface area contributed by atoms with Crippen LogP contribution in [0.1, 0.15) is 10.4 Å². The number of carbonyl (C=O) groups is 3. The second-order valence-electron chi connectivity index (χ2n) is 4.37. The van der Waals surface area contributed by atoms with Crippen LogP contribution in [-0.4, -0.2) is 30.9 Å². The molecule has 0 saturated heterocycles. The number of ether oxygens (including phenoxy) is 1. The van der Waals surface area contributed by atoms with E-state index >= 15 is 0 Å². The maximum absolute atomic E-state index is 11.9. The van der Waals surface area contributed by atoms with E-state index in [-0.39, 0.29) is 6.54 Å². The number of nitrogens with one attached hydrogen (secondary N) is 1. The quantitative estimate of drug-likeness (QED) is 0.786. The third-order valence-electron chi connectivity index (χ3n) is 2.78. The Labute approximate surface area is 120 Å². The highest BCUT2D eigenvalue weighted by Gasteiger charge is 2.10. The molecule has 0 spiro atoms. The average Bonchev–Trinajstić information content (AvgIpc) is 2.50. The highest BCUT2D eigenvalue weighted by Crippen LogP contribution is 2.15. The van der Waals surface area contributed by atoms with E-state index in [1.165, 1.54) is 0 Å². The van der Waals surface area contributed by atoms with Gasteiger partial charge < -0.3 is 15.8 Å². The largest absolute Gasteiger partial charge is 0.454 e. The van der Waals surface area contributed by atoms with Crippen molar-refractivity contribution in [3.8, 4) is 0 Å². The van der Waals surface area contributed by atoms with Crippen LogP contribution < -0.4 is 11.1 Å². The van der Waals surface area contributed by atoms with Crippen LogP contribution in [0, 0.1) is 0 Å². The zero-order valence-corrected chi connectivity index (χ0v) is 11.2. The maximum atomic E-state index is 11.9. The van der Waals surface area contributed by atoms with Crippen LogP contribution in [-0.2, 0) is 14.3 Å². The Morgan fingerprint density at radius 2 is 1.76 bits per heavy atom. The van der Waals surface area contributed by atoms with E-state index in [2.05, 4.69) is 10.1 Å². The van der Waals surface area contributed by atoms with Gasteiger partial charge in [-0.3, -0.25) is 14.4 Å². The molecule has 6 nitrogen and oxygen atoms in total. The van der Waals surface area contributed by atoms with Crippen molar-refractivity contribution < 1.29 is 19.1 Å². The van der Waals surface area contributed by atoms with Crippen molar-refractivity contribution in [1.29, 1.82) is 0 Å². The van der Waals surface area contributed by atoms with E-state index in [0.29, 0.717) is 5.56 Å². The zero-order valence-electron chi connectivity index (χ0n) is 11.2. The lowest BCUT2D eigenvalue weighted by Gasteiger charge is -2.06. The first-order valence-corrected chi connectivity index (χ1v) is 6.27. The Morgan fingerprint density at radius 3 is 2.48 bits per heavy atom. The van der Waals surface area contributed by atoms with Crippen LogP contribution >= 0.6 is 0 Å². The highest BCUT2D eigenvalue weighted by atomic mass is 16.5. The summed E-state index contributed by atoms with van der Waals surface area (Å²) in [6.07, 6.45) is 0. The van der Waals surface area contributed by atoms with E-state index in [4.69, 9.17) is 5.73 Å². The molecule has 2 rings (SSSR count). The normalized spacial score (nSPS) is 10.1. The SMILES string of the molecule is NC(=O)COC(=O)CNC(=O)c1ccc2ccccc2c1. The molecular weight excluding hydrogens is 272 g/mol.